The summed E-state index contributed by atoms with van der Waals surface area (Å²) in [5, 5.41) is 6.99. The fourth-order valence-electron chi connectivity index (χ4n) is 2.85. The summed E-state index contributed by atoms with van der Waals surface area (Å²) in [4.78, 5) is 27.8. The minimum absolute atomic E-state index is 0.123. The van der Waals surface area contributed by atoms with Crippen LogP contribution in [0.3, 0.4) is 0 Å². The third-order valence-electron chi connectivity index (χ3n) is 4.07. The van der Waals surface area contributed by atoms with Crippen LogP contribution in [0.25, 0.3) is 16.9 Å². The number of nitrogens with zero attached hydrogens (tertiary/aromatic N) is 3. The van der Waals surface area contributed by atoms with Crippen molar-refractivity contribution in [3.63, 3.8) is 0 Å². The van der Waals surface area contributed by atoms with E-state index in [1.54, 1.807) is 28.9 Å². The Balaban J connectivity index is 1.82. The number of benzene rings is 2. The first kappa shape index (κ1) is 15.7. The molecule has 2 aromatic carbocycles. The van der Waals surface area contributed by atoms with Gasteiger partial charge < -0.3 is 5.32 Å². The highest BCUT2D eigenvalue weighted by atomic mass is 16.1. The third kappa shape index (κ3) is 2.73. The van der Waals surface area contributed by atoms with Gasteiger partial charge in [-0.15, -0.1) is 0 Å². The predicted molar refractivity (Wildman–Crippen MR) is 98.0 cm³/mol. The Kier molecular flexibility index (Phi) is 3.99. The summed E-state index contributed by atoms with van der Waals surface area (Å²) in [6, 6.07) is 18.2. The number of nitrogens with one attached hydrogen (secondary N) is 1. The van der Waals surface area contributed by atoms with Crippen molar-refractivity contribution >= 4 is 23.5 Å². The average Bonchev–Trinajstić information content (AvgIpc) is 3.13. The number of carbonyl (C=O) groups is 2. The predicted octanol–water partition coefficient (Wildman–Crippen LogP) is 3.20. The van der Waals surface area contributed by atoms with Crippen LogP contribution in [-0.4, -0.2) is 26.8 Å². The number of rotatable bonds is 5. The second-order valence-electron chi connectivity index (χ2n) is 5.66. The average molecular weight is 342 g/mol. The molecule has 0 radical (unpaired) electrons. The first-order chi connectivity index (χ1) is 12.8. The molecule has 1 N–H and O–H groups in total. The van der Waals surface area contributed by atoms with Gasteiger partial charge in [0, 0.05) is 23.0 Å². The summed E-state index contributed by atoms with van der Waals surface area (Å²) in [5.41, 5.74) is 3.83. The second-order valence-corrected chi connectivity index (χ2v) is 5.66. The molecule has 1 amide bonds. The zero-order chi connectivity index (χ0) is 17.9. The molecule has 0 spiro atoms. The highest BCUT2D eigenvalue weighted by Gasteiger charge is 2.17. The van der Waals surface area contributed by atoms with Crippen LogP contribution in [0.15, 0.2) is 73.1 Å². The van der Waals surface area contributed by atoms with Crippen molar-refractivity contribution in [3.05, 3.63) is 84.2 Å². The fraction of sp³-hybridized carbons (Fsp3) is 0. The summed E-state index contributed by atoms with van der Waals surface area (Å²) in [6.45, 7) is 0. The summed E-state index contributed by atoms with van der Waals surface area (Å²) in [6.07, 6.45) is 3.81. The van der Waals surface area contributed by atoms with Crippen LogP contribution in [0.2, 0.25) is 0 Å². The van der Waals surface area contributed by atoms with Gasteiger partial charge in [-0.05, 0) is 18.2 Å². The molecule has 2 heterocycles. The Morgan fingerprint density at radius 3 is 2.69 bits per heavy atom. The fourth-order valence-corrected chi connectivity index (χ4v) is 2.85. The first-order valence-electron chi connectivity index (χ1n) is 8.01. The molecule has 126 valence electrons. The number of carbonyl (C=O) groups excluding carboxylic acids is 2. The van der Waals surface area contributed by atoms with Crippen molar-refractivity contribution < 1.29 is 9.59 Å². The molecule has 0 aliphatic rings. The van der Waals surface area contributed by atoms with Gasteiger partial charge in [-0.1, -0.05) is 42.5 Å². The molecule has 0 fully saturated rings. The van der Waals surface area contributed by atoms with Gasteiger partial charge in [-0.2, -0.15) is 5.10 Å². The molecule has 26 heavy (non-hydrogen) atoms. The Morgan fingerprint density at radius 2 is 1.88 bits per heavy atom. The van der Waals surface area contributed by atoms with Crippen LogP contribution in [0.4, 0.5) is 5.69 Å². The molecule has 0 saturated carbocycles. The van der Waals surface area contributed by atoms with E-state index in [0.29, 0.717) is 28.9 Å². The molecule has 0 atom stereocenters. The van der Waals surface area contributed by atoms with Gasteiger partial charge in [0.25, 0.3) is 0 Å². The van der Waals surface area contributed by atoms with Crippen molar-refractivity contribution in [2.45, 2.75) is 0 Å². The van der Waals surface area contributed by atoms with E-state index in [1.807, 2.05) is 42.5 Å². The molecule has 0 bridgehead atoms. The van der Waals surface area contributed by atoms with Gasteiger partial charge >= 0.3 is 0 Å². The minimum Gasteiger partial charge on any atom is -0.329 e. The van der Waals surface area contributed by atoms with E-state index < -0.39 is 0 Å². The van der Waals surface area contributed by atoms with Crippen molar-refractivity contribution in [3.8, 4) is 11.3 Å². The highest BCUT2D eigenvalue weighted by Crippen LogP contribution is 2.24. The summed E-state index contributed by atoms with van der Waals surface area (Å²) in [7, 11) is 0. The van der Waals surface area contributed by atoms with E-state index in [9.17, 15) is 9.59 Å². The molecule has 6 heteroatoms. The van der Waals surface area contributed by atoms with E-state index in [2.05, 4.69) is 15.4 Å². The maximum atomic E-state index is 12.8. The normalized spacial score (nSPS) is 10.6. The lowest BCUT2D eigenvalue weighted by molar-refractivity contribution is -0.105. The summed E-state index contributed by atoms with van der Waals surface area (Å²) in [5.74, 6) is -0.123. The van der Waals surface area contributed by atoms with E-state index in [-0.39, 0.29) is 5.78 Å². The van der Waals surface area contributed by atoms with Gasteiger partial charge in [0.1, 0.15) is 0 Å². The molecule has 0 aliphatic heterocycles. The lowest BCUT2D eigenvalue weighted by atomic mass is 10.1. The number of hydrogen-bond acceptors (Lipinski definition) is 4. The van der Waals surface area contributed by atoms with Crippen molar-refractivity contribution in [1.82, 2.24) is 14.6 Å². The summed E-state index contributed by atoms with van der Waals surface area (Å²) >= 11 is 0. The zero-order valence-electron chi connectivity index (χ0n) is 13.7. The molecular formula is C20H14N4O2. The van der Waals surface area contributed by atoms with Crippen LogP contribution in [0.5, 0.6) is 0 Å². The molecule has 6 nitrogen and oxygen atoms in total. The van der Waals surface area contributed by atoms with Crippen molar-refractivity contribution in [2.75, 3.05) is 5.32 Å². The summed E-state index contributed by atoms with van der Waals surface area (Å²) < 4.78 is 1.64. The zero-order valence-corrected chi connectivity index (χ0v) is 13.7. The van der Waals surface area contributed by atoms with E-state index >= 15 is 0 Å². The largest absolute Gasteiger partial charge is 0.329 e. The number of amides is 1. The molecule has 0 aliphatic carbocycles. The second kappa shape index (κ2) is 6.60. The maximum Gasteiger partial charge on any atom is 0.211 e. The monoisotopic (exact) mass is 342 g/mol. The van der Waals surface area contributed by atoms with Crippen LogP contribution in [0, 0.1) is 0 Å². The molecular weight excluding hydrogens is 328 g/mol. The highest BCUT2D eigenvalue weighted by molar-refractivity contribution is 6.12. The van der Waals surface area contributed by atoms with Gasteiger partial charge in [0.15, 0.2) is 11.4 Å². The number of aromatic nitrogens is 3. The first-order valence-corrected chi connectivity index (χ1v) is 8.01. The van der Waals surface area contributed by atoms with Gasteiger partial charge in [0.2, 0.25) is 6.41 Å². The van der Waals surface area contributed by atoms with E-state index in [1.165, 1.54) is 6.20 Å². The quantitative estimate of drug-likeness (QED) is 0.446. The Hall–Kier alpha value is -3.80. The lowest BCUT2D eigenvalue weighted by Crippen LogP contribution is -2.02. The SMILES string of the molecule is O=CNc1cccc(-c2ccnc3c(C(=O)c4ccccc4)cnn23)c1. The molecule has 2 aromatic heterocycles. The molecule has 0 saturated heterocycles. The Labute approximate surface area is 149 Å². The van der Waals surface area contributed by atoms with Gasteiger partial charge in [0.05, 0.1) is 17.5 Å². The Bertz CT molecular complexity index is 1100. The van der Waals surface area contributed by atoms with Crippen LogP contribution < -0.4 is 5.32 Å². The number of ketones is 1. The molecule has 4 rings (SSSR count). The molecule has 4 aromatic rings. The lowest BCUT2D eigenvalue weighted by Gasteiger charge is -2.07. The minimum atomic E-state index is -0.123. The smallest absolute Gasteiger partial charge is 0.211 e. The van der Waals surface area contributed by atoms with Gasteiger partial charge in [-0.3, -0.25) is 9.59 Å². The number of fused-ring (bicyclic) bond motifs is 1. The third-order valence-corrected chi connectivity index (χ3v) is 4.07. The Morgan fingerprint density at radius 1 is 1.04 bits per heavy atom. The topological polar surface area (TPSA) is 76.4 Å². The maximum absolute atomic E-state index is 12.8. The standard InChI is InChI=1S/C20H14N4O2/c25-13-22-16-8-4-7-15(11-16)18-9-10-21-20-17(12-23-24(18)20)19(26)14-5-2-1-3-6-14/h1-13H,(H,22,25). The van der Waals surface area contributed by atoms with Crippen LogP contribution in [0.1, 0.15) is 15.9 Å². The number of anilines is 1. The van der Waals surface area contributed by atoms with Crippen molar-refractivity contribution in [2.24, 2.45) is 0 Å². The van der Waals surface area contributed by atoms with E-state index in [0.717, 1.165) is 11.3 Å². The van der Waals surface area contributed by atoms with Crippen LogP contribution in [-0.2, 0) is 4.79 Å². The molecule has 0 unspecified atom stereocenters. The van der Waals surface area contributed by atoms with E-state index in [4.69, 9.17) is 0 Å². The van der Waals surface area contributed by atoms with Crippen molar-refractivity contribution in [1.29, 1.82) is 0 Å². The van der Waals surface area contributed by atoms with Crippen LogP contribution >= 0.6 is 0 Å². The number of hydrogen-bond donors (Lipinski definition) is 1. The van der Waals surface area contributed by atoms with Gasteiger partial charge in [-0.25, -0.2) is 9.50 Å².